The summed E-state index contributed by atoms with van der Waals surface area (Å²) in [5, 5.41) is 11.7. The van der Waals surface area contributed by atoms with Gasteiger partial charge in [0, 0.05) is 0 Å². The van der Waals surface area contributed by atoms with Gasteiger partial charge in [-0.05, 0) is 18.3 Å². The summed E-state index contributed by atoms with van der Waals surface area (Å²) in [6.45, 7) is 4.39. The molecular weight excluding hydrogens is 155 g/mol. The third-order valence-electron chi connectivity index (χ3n) is 3.34. The molecule has 0 amide bonds. The van der Waals surface area contributed by atoms with Gasteiger partial charge in [-0.1, -0.05) is 46.0 Å². The predicted molar refractivity (Wildman–Crippen MR) is 49.9 cm³/mol. The second-order valence-electron chi connectivity index (χ2n) is 4.49. The molecule has 0 radical (unpaired) electrons. The average Bonchev–Trinajstić information content (AvgIpc) is 2.07. The van der Waals surface area contributed by atoms with Gasteiger partial charge in [0.2, 0.25) is 0 Å². The molecule has 2 atom stereocenters. The van der Waals surface area contributed by atoms with Crippen molar-refractivity contribution >= 4 is 0 Å². The minimum Gasteiger partial charge on any atom is -0.852 e. The second kappa shape index (κ2) is 6.12. The maximum atomic E-state index is 11.7. The van der Waals surface area contributed by atoms with Gasteiger partial charge in [-0.2, -0.15) is 0 Å². The van der Waals surface area contributed by atoms with Crippen molar-refractivity contribution < 1.29 is 24.0 Å². The molecule has 2 unspecified atom stereocenters. The van der Waals surface area contributed by atoms with Gasteiger partial charge in [0.1, 0.15) is 0 Å². The molecule has 0 spiro atoms. The van der Waals surface area contributed by atoms with E-state index in [0.717, 1.165) is 19.3 Å². The summed E-state index contributed by atoms with van der Waals surface area (Å²) in [7, 11) is 0. The molecule has 1 aliphatic rings. The monoisotopic (exact) mass is 176 g/mol. The molecule has 13 heavy (non-hydrogen) atoms. The Morgan fingerprint density at radius 3 is 2.62 bits per heavy atom. The standard InChI is InChI=1S/C11H21O.Li/c1-3-4-8-11(2)9-6-5-7-10(11)12;/h10H,3-9H2,1-2H3;/q-1;+1. The maximum Gasteiger partial charge on any atom is 1.00 e. The van der Waals surface area contributed by atoms with Gasteiger partial charge in [-0.15, -0.1) is 6.10 Å². The smallest absolute Gasteiger partial charge is 0.852 e. The molecule has 0 N–H and O–H groups in total. The fourth-order valence-corrected chi connectivity index (χ4v) is 2.23. The Bertz CT molecular complexity index is 138. The zero-order valence-corrected chi connectivity index (χ0v) is 9.44. The van der Waals surface area contributed by atoms with Crippen molar-refractivity contribution in [2.24, 2.45) is 5.41 Å². The SMILES string of the molecule is CCCCC1(C)CCCCC1[O-].[Li+]. The van der Waals surface area contributed by atoms with Crippen molar-refractivity contribution in [1.82, 2.24) is 0 Å². The first-order valence-electron chi connectivity index (χ1n) is 5.35. The average molecular weight is 176 g/mol. The van der Waals surface area contributed by atoms with E-state index in [9.17, 15) is 5.11 Å². The summed E-state index contributed by atoms with van der Waals surface area (Å²) in [4.78, 5) is 0. The number of rotatable bonds is 3. The van der Waals surface area contributed by atoms with E-state index in [1.807, 2.05) is 0 Å². The summed E-state index contributed by atoms with van der Waals surface area (Å²) in [5.74, 6) is 0. The third-order valence-corrected chi connectivity index (χ3v) is 3.34. The molecule has 1 saturated carbocycles. The molecule has 1 aliphatic carbocycles. The van der Waals surface area contributed by atoms with Gasteiger partial charge >= 0.3 is 18.9 Å². The maximum absolute atomic E-state index is 11.7. The molecule has 0 saturated heterocycles. The van der Waals surface area contributed by atoms with E-state index in [-0.39, 0.29) is 30.4 Å². The number of hydrogen-bond acceptors (Lipinski definition) is 1. The molecule has 1 fully saturated rings. The van der Waals surface area contributed by atoms with Gasteiger partial charge in [-0.3, -0.25) is 0 Å². The Labute approximate surface area is 94.5 Å². The van der Waals surface area contributed by atoms with Crippen LogP contribution in [0.1, 0.15) is 58.8 Å². The zero-order valence-electron chi connectivity index (χ0n) is 9.44. The molecule has 0 aromatic rings. The largest absolute Gasteiger partial charge is 1.00 e. The zero-order chi connectivity index (χ0) is 9.03. The predicted octanol–water partition coefficient (Wildman–Crippen LogP) is -0.510. The first-order chi connectivity index (χ1) is 5.69. The molecule has 0 bridgehead atoms. The van der Waals surface area contributed by atoms with E-state index in [2.05, 4.69) is 13.8 Å². The molecule has 1 rings (SSSR count). The van der Waals surface area contributed by atoms with E-state index in [1.165, 1.54) is 25.7 Å². The first kappa shape index (κ1) is 13.6. The Morgan fingerprint density at radius 1 is 1.38 bits per heavy atom. The van der Waals surface area contributed by atoms with Crippen LogP contribution in [0.3, 0.4) is 0 Å². The summed E-state index contributed by atoms with van der Waals surface area (Å²) in [6.07, 6.45) is 7.85. The van der Waals surface area contributed by atoms with Crippen LogP contribution in [0.4, 0.5) is 0 Å². The summed E-state index contributed by atoms with van der Waals surface area (Å²) in [6, 6.07) is 0. The fraction of sp³-hybridized carbons (Fsp3) is 1.00. The molecule has 2 heteroatoms. The first-order valence-corrected chi connectivity index (χ1v) is 5.35. The van der Waals surface area contributed by atoms with E-state index >= 15 is 0 Å². The minimum atomic E-state index is -0.280. The van der Waals surface area contributed by atoms with Crippen molar-refractivity contribution in [3.8, 4) is 0 Å². The Morgan fingerprint density at radius 2 is 2.08 bits per heavy atom. The van der Waals surface area contributed by atoms with Gasteiger partial charge in [0.05, 0.1) is 0 Å². The Balaban J connectivity index is 0.00000144. The van der Waals surface area contributed by atoms with Crippen molar-refractivity contribution in [2.75, 3.05) is 0 Å². The van der Waals surface area contributed by atoms with Gasteiger partial charge in [0.25, 0.3) is 0 Å². The number of unbranched alkanes of at least 4 members (excludes halogenated alkanes) is 1. The summed E-state index contributed by atoms with van der Waals surface area (Å²) >= 11 is 0. The van der Waals surface area contributed by atoms with Gasteiger partial charge < -0.3 is 5.11 Å². The van der Waals surface area contributed by atoms with Crippen molar-refractivity contribution in [1.29, 1.82) is 0 Å². The second-order valence-corrected chi connectivity index (χ2v) is 4.49. The molecule has 0 aromatic heterocycles. The van der Waals surface area contributed by atoms with Crippen LogP contribution in [0.5, 0.6) is 0 Å². The molecular formula is C11H21LiO. The normalized spacial score (nSPS) is 33.9. The van der Waals surface area contributed by atoms with E-state index < -0.39 is 0 Å². The molecule has 0 aliphatic heterocycles. The quantitative estimate of drug-likeness (QED) is 0.531. The van der Waals surface area contributed by atoms with Crippen LogP contribution >= 0.6 is 0 Å². The van der Waals surface area contributed by atoms with E-state index in [1.54, 1.807) is 0 Å². The molecule has 0 aromatic carbocycles. The summed E-state index contributed by atoms with van der Waals surface area (Å²) < 4.78 is 0. The van der Waals surface area contributed by atoms with Crippen LogP contribution in [-0.4, -0.2) is 6.10 Å². The van der Waals surface area contributed by atoms with Crippen LogP contribution < -0.4 is 24.0 Å². The van der Waals surface area contributed by atoms with Crippen molar-refractivity contribution in [3.05, 3.63) is 0 Å². The summed E-state index contributed by atoms with van der Waals surface area (Å²) in [5.41, 5.74) is 0.133. The third kappa shape index (κ3) is 3.66. The van der Waals surface area contributed by atoms with Crippen LogP contribution in [0.2, 0.25) is 0 Å². The van der Waals surface area contributed by atoms with Crippen molar-refractivity contribution in [3.63, 3.8) is 0 Å². The number of hydrogen-bond donors (Lipinski definition) is 0. The topological polar surface area (TPSA) is 23.1 Å². The Kier molecular flexibility index (Phi) is 6.38. The van der Waals surface area contributed by atoms with Crippen LogP contribution in [0.25, 0.3) is 0 Å². The Hall–Kier alpha value is 0.557. The molecule has 0 heterocycles. The fourth-order valence-electron chi connectivity index (χ4n) is 2.23. The van der Waals surface area contributed by atoms with Crippen LogP contribution in [0.15, 0.2) is 0 Å². The van der Waals surface area contributed by atoms with Crippen LogP contribution in [-0.2, 0) is 0 Å². The molecule has 72 valence electrons. The van der Waals surface area contributed by atoms with Crippen molar-refractivity contribution in [2.45, 2.75) is 64.9 Å². The minimum absolute atomic E-state index is 0. The molecule has 1 nitrogen and oxygen atoms in total. The van der Waals surface area contributed by atoms with E-state index in [4.69, 9.17) is 0 Å². The van der Waals surface area contributed by atoms with Crippen LogP contribution in [0, 0.1) is 5.41 Å². The van der Waals surface area contributed by atoms with E-state index in [0.29, 0.717) is 0 Å². The van der Waals surface area contributed by atoms with Gasteiger partial charge in [-0.25, -0.2) is 0 Å². The van der Waals surface area contributed by atoms with Gasteiger partial charge in [0.15, 0.2) is 0 Å².